The normalized spacial score (nSPS) is 15.1. The van der Waals surface area contributed by atoms with Crippen LogP contribution in [0.25, 0.3) is 10.8 Å². The van der Waals surface area contributed by atoms with E-state index >= 15 is 0 Å². The Morgan fingerprint density at radius 2 is 1.74 bits per heavy atom. The van der Waals surface area contributed by atoms with Crippen LogP contribution in [0.15, 0.2) is 66.7 Å². The highest BCUT2D eigenvalue weighted by molar-refractivity contribution is 5.94. The van der Waals surface area contributed by atoms with E-state index in [0.29, 0.717) is 12.2 Å². The SMILES string of the molecule is CCCCN1CCC(NC(=O)c2ccc(OCc3cccc4ccccc34)cc2)CC1. The van der Waals surface area contributed by atoms with Gasteiger partial charge in [-0.1, -0.05) is 55.8 Å². The van der Waals surface area contributed by atoms with Crippen LogP contribution in [0.1, 0.15) is 48.5 Å². The Bertz CT molecular complexity index is 986. The smallest absolute Gasteiger partial charge is 0.251 e. The number of rotatable bonds is 8. The molecule has 0 spiro atoms. The molecule has 1 N–H and O–H groups in total. The summed E-state index contributed by atoms with van der Waals surface area (Å²) < 4.78 is 5.99. The molecular weight excluding hydrogens is 384 g/mol. The Kier molecular flexibility index (Phi) is 7.21. The molecule has 1 saturated heterocycles. The van der Waals surface area contributed by atoms with Gasteiger partial charge >= 0.3 is 0 Å². The fourth-order valence-electron chi connectivity index (χ4n) is 4.23. The third-order valence-corrected chi connectivity index (χ3v) is 6.14. The number of carbonyl (C=O) groups is 1. The Morgan fingerprint density at radius 1 is 1.00 bits per heavy atom. The number of nitrogens with zero attached hydrogens (tertiary/aromatic N) is 1. The molecular formula is C27H32N2O2. The number of carbonyl (C=O) groups excluding carboxylic acids is 1. The van der Waals surface area contributed by atoms with Crippen LogP contribution in [-0.4, -0.2) is 36.5 Å². The molecule has 4 heteroatoms. The molecule has 0 atom stereocenters. The lowest BCUT2D eigenvalue weighted by Gasteiger charge is -2.32. The van der Waals surface area contributed by atoms with Gasteiger partial charge in [-0.2, -0.15) is 0 Å². The summed E-state index contributed by atoms with van der Waals surface area (Å²) in [6.45, 7) is 6.06. The van der Waals surface area contributed by atoms with Crippen molar-refractivity contribution < 1.29 is 9.53 Å². The monoisotopic (exact) mass is 416 g/mol. The van der Waals surface area contributed by atoms with Crippen molar-refractivity contribution in [2.24, 2.45) is 0 Å². The molecule has 0 radical (unpaired) electrons. The van der Waals surface area contributed by atoms with Gasteiger partial charge in [0.15, 0.2) is 0 Å². The van der Waals surface area contributed by atoms with Crippen molar-refractivity contribution in [3.8, 4) is 5.75 Å². The minimum absolute atomic E-state index is 0.00705. The summed E-state index contributed by atoms with van der Waals surface area (Å²) in [6.07, 6.45) is 4.55. The molecule has 1 fully saturated rings. The molecule has 0 bridgehead atoms. The summed E-state index contributed by atoms with van der Waals surface area (Å²) in [4.78, 5) is 15.1. The van der Waals surface area contributed by atoms with E-state index in [9.17, 15) is 4.79 Å². The average Bonchev–Trinajstić information content (AvgIpc) is 2.82. The molecule has 0 aliphatic carbocycles. The van der Waals surface area contributed by atoms with Crippen LogP contribution in [0, 0.1) is 0 Å². The Morgan fingerprint density at radius 3 is 2.52 bits per heavy atom. The number of likely N-dealkylation sites (tertiary alicyclic amines) is 1. The van der Waals surface area contributed by atoms with Gasteiger partial charge in [0.25, 0.3) is 5.91 Å². The van der Waals surface area contributed by atoms with Gasteiger partial charge in [-0.15, -0.1) is 0 Å². The van der Waals surface area contributed by atoms with Crippen LogP contribution in [-0.2, 0) is 6.61 Å². The predicted molar refractivity (Wildman–Crippen MR) is 127 cm³/mol. The minimum Gasteiger partial charge on any atom is -0.489 e. The predicted octanol–water partition coefficient (Wildman–Crippen LogP) is 5.41. The standard InChI is InChI=1S/C27H32N2O2/c1-2-3-17-29-18-15-24(16-19-29)28-27(30)22-11-13-25(14-12-22)31-20-23-9-6-8-21-7-4-5-10-26(21)23/h4-14,24H,2-3,15-20H2,1H3,(H,28,30). The number of fused-ring (bicyclic) bond motifs is 1. The Hall–Kier alpha value is -2.85. The molecule has 4 nitrogen and oxygen atoms in total. The van der Waals surface area contributed by atoms with Gasteiger partial charge in [0, 0.05) is 24.7 Å². The van der Waals surface area contributed by atoms with E-state index in [-0.39, 0.29) is 11.9 Å². The number of amides is 1. The van der Waals surface area contributed by atoms with E-state index in [4.69, 9.17) is 4.74 Å². The van der Waals surface area contributed by atoms with E-state index < -0.39 is 0 Å². The second-order valence-corrected chi connectivity index (χ2v) is 8.39. The second kappa shape index (κ2) is 10.5. The lowest BCUT2D eigenvalue weighted by molar-refractivity contribution is 0.0910. The van der Waals surface area contributed by atoms with Crippen LogP contribution < -0.4 is 10.1 Å². The first-order chi connectivity index (χ1) is 15.2. The Labute approximate surface area is 185 Å². The number of hydrogen-bond donors (Lipinski definition) is 1. The summed E-state index contributed by atoms with van der Waals surface area (Å²) in [6, 6.07) is 22.3. The maximum Gasteiger partial charge on any atom is 0.251 e. The molecule has 1 heterocycles. The number of benzene rings is 3. The molecule has 1 aliphatic rings. The van der Waals surface area contributed by atoms with E-state index in [1.807, 2.05) is 36.4 Å². The number of ether oxygens (including phenoxy) is 1. The number of nitrogens with one attached hydrogen (secondary N) is 1. The first kappa shape index (κ1) is 21.4. The van der Waals surface area contributed by atoms with Crippen molar-refractivity contribution in [3.05, 3.63) is 77.9 Å². The zero-order valence-electron chi connectivity index (χ0n) is 18.3. The van der Waals surface area contributed by atoms with Crippen molar-refractivity contribution >= 4 is 16.7 Å². The fraction of sp³-hybridized carbons (Fsp3) is 0.370. The van der Waals surface area contributed by atoms with Crippen molar-refractivity contribution in [1.82, 2.24) is 10.2 Å². The van der Waals surface area contributed by atoms with Gasteiger partial charge in [-0.25, -0.2) is 0 Å². The summed E-state index contributed by atoms with van der Waals surface area (Å²) in [5.74, 6) is 0.779. The lowest BCUT2D eigenvalue weighted by atomic mass is 10.0. The van der Waals surface area contributed by atoms with Crippen LogP contribution in [0.4, 0.5) is 0 Å². The maximum absolute atomic E-state index is 12.6. The summed E-state index contributed by atoms with van der Waals surface area (Å²) in [5.41, 5.74) is 1.84. The van der Waals surface area contributed by atoms with Crippen LogP contribution >= 0.6 is 0 Å². The first-order valence-corrected chi connectivity index (χ1v) is 11.5. The zero-order chi connectivity index (χ0) is 21.5. The van der Waals surface area contributed by atoms with Gasteiger partial charge < -0.3 is 15.0 Å². The van der Waals surface area contributed by atoms with Gasteiger partial charge in [0.1, 0.15) is 12.4 Å². The minimum atomic E-state index is 0.00705. The summed E-state index contributed by atoms with van der Waals surface area (Å²) in [7, 11) is 0. The number of hydrogen-bond acceptors (Lipinski definition) is 3. The topological polar surface area (TPSA) is 41.6 Å². The van der Waals surface area contributed by atoms with Crippen LogP contribution in [0.5, 0.6) is 5.75 Å². The third-order valence-electron chi connectivity index (χ3n) is 6.14. The molecule has 1 amide bonds. The van der Waals surface area contributed by atoms with Crippen LogP contribution in [0.3, 0.4) is 0 Å². The van der Waals surface area contributed by atoms with Crippen LogP contribution in [0.2, 0.25) is 0 Å². The highest BCUT2D eigenvalue weighted by atomic mass is 16.5. The molecule has 31 heavy (non-hydrogen) atoms. The van der Waals surface area contributed by atoms with E-state index in [1.165, 1.54) is 30.2 Å². The molecule has 4 rings (SSSR count). The van der Waals surface area contributed by atoms with Crippen molar-refractivity contribution in [2.75, 3.05) is 19.6 Å². The second-order valence-electron chi connectivity index (χ2n) is 8.39. The maximum atomic E-state index is 12.6. The van der Waals surface area contributed by atoms with Crippen molar-refractivity contribution in [3.63, 3.8) is 0 Å². The third kappa shape index (κ3) is 5.65. The Balaban J connectivity index is 1.28. The van der Waals surface area contributed by atoms with E-state index in [1.54, 1.807) is 0 Å². The van der Waals surface area contributed by atoms with Crippen molar-refractivity contribution in [2.45, 2.75) is 45.3 Å². The van der Waals surface area contributed by atoms with Gasteiger partial charge in [-0.05, 0) is 66.4 Å². The molecule has 3 aromatic rings. The van der Waals surface area contributed by atoms with E-state index in [0.717, 1.165) is 37.2 Å². The summed E-state index contributed by atoms with van der Waals surface area (Å²) in [5, 5.41) is 5.63. The zero-order valence-corrected chi connectivity index (χ0v) is 18.3. The fourth-order valence-corrected chi connectivity index (χ4v) is 4.23. The first-order valence-electron chi connectivity index (χ1n) is 11.5. The molecule has 0 unspecified atom stereocenters. The van der Waals surface area contributed by atoms with Gasteiger partial charge in [-0.3, -0.25) is 4.79 Å². The number of piperidine rings is 1. The molecule has 0 saturated carbocycles. The molecule has 3 aromatic carbocycles. The van der Waals surface area contributed by atoms with Gasteiger partial charge in [0.05, 0.1) is 0 Å². The number of unbranched alkanes of at least 4 members (excludes halogenated alkanes) is 1. The molecule has 1 aliphatic heterocycles. The quantitative estimate of drug-likeness (QED) is 0.534. The lowest BCUT2D eigenvalue weighted by Crippen LogP contribution is -2.44. The molecule has 0 aromatic heterocycles. The van der Waals surface area contributed by atoms with Gasteiger partial charge in [0.2, 0.25) is 0 Å². The van der Waals surface area contributed by atoms with E-state index in [2.05, 4.69) is 47.5 Å². The highest BCUT2D eigenvalue weighted by Gasteiger charge is 2.20. The average molecular weight is 417 g/mol. The summed E-state index contributed by atoms with van der Waals surface area (Å²) >= 11 is 0. The highest BCUT2D eigenvalue weighted by Crippen LogP contribution is 2.21. The largest absolute Gasteiger partial charge is 0.489 e. The molecule has 162 valence electrons. The van der Waals surface area contributed by atoms with Crippen molar-refractivity contribution in [1.29, 1.82) is 0 Å².